The van der Waals surface area contributed by atoms with E-state index < -0.39 is 17.7 Å². The molecule has 0 fully saturated rings. The van der Waals surface area contributed by atoms with Gasteiger partial charge in [-0.1, -0.05) is 48.2 Å². The highest BCUT2D eigenvalue weighted by atomic mass is 32.2. The van der Waals surface area contributed by atoms with Crippen molar-refractivity contribution in [2.45, 2.75) is 18.5 Å². The van der Waals surface area contributed by atoms with Crippen molar-refractivity contribution in [2.75, 3.05) is 16.5 Å². The van der Waals surface area contributed by atoms with Gasteiger partial charge in [-0.2, -0.15) is 0 Å². The molecule has 194 valence electrons. The molecule has 0 saturated heterocycles. The molecule has 0 radical (unpaired) electrons. The number of thiazole rings is 1. The van der Waals surface area contributed by atoms with Gasteiger partial charge in [-0.3, -0.25) is 40.8 Å². The van der Waals surface area contributed by atoms with E-state index in [4.69, 9.17) is 0 Å². The van der Waals surface area contributed by atoms with Crippen molar-refractivity contribution < 1.29 is 19.2 Å². The number of amides is 4. The number of benzene rings is 2. The Kier molecular flexibility index (Phi) is 8.79. The monoisotopic (exact) mass is 550 g/mol. The summed E-state index contributed by atoms with van der Waals surface area (Å²) in [5.74, 6) is -1.27. The minimum atomic E-state index is -0.464. The fourth-order valence-corrected chi connectivity index (χ4v) is 4.48. The maximum Gasteiger partial charge on any atom is 0.270 e. The predicted molar refractivity (Wildman–Crippen MR) is 142 cm³/mol. The second kappa shape index (κ2) is 12.6. The molecule has 0 aliphatic heterocycles. The molecule has 4 rings (SSSR count). The van der Waals surface area contributed by atoms with Crippen LogP contribution >= 0.6 is 23.1 Å². The van der Waals surface area contributed by atoms with Crippen molar-refractivity contribution in [3.05, 3.63) is 88.7 Å². The van der Waals surface area contributed by atoms with Gasteiger partial charge in [0.25, 0.3) is 11.8 Å². The number of anilines is 1. The second-order valence-electron chi connectivity index (χ2n) is 7.70. The normalized spacial score (nSPS) is 10.4. The topological polar surface area (TPSA) is 160 Å². The van der Waals surface area contributed by atoms with Crippen LogP contribution in [0.1, 0.15) is 39.2 Å². The molecular formula is C24H22N8O4S2. The van der Waals surface area contributed by atoms with Crippen LogP contribution in [0.25, 0.3) is 0 Å². The number of nitrogens with one attached hydrogen (secondary N) is 4. The first kappa shape index (κ1) is 26.5. The van der Waals surface area contributed by atoms with Gasteiger partial charge >= 0.3 is 0 Å². The van der Waals surface area contributed by atoms with E-state index in [-0.39, 0.29) is 23.2 Å². The molecule has 14 heteroatoms. The quantitative estimate of drug-likeness (QED) is 0.182. The van der Waals surface area contributed by atoms with Crippen molar-refractivity contribution in [3.8, 4) is 0 Å². The number of hydrazine groups is 1. The molecule has 4 aromatic rings. The van der Waals surface area contributed by atoms with E-state index in [2.05, 4.69) is 36.8 Å². The first-order chi connectivity index (χ1) is 18.4. The van der Waals surface area contributed by atoms with Crippen LogP contribution < -0.4 is 21.6 Å². The van der Waals surface area contributed by atoms with Gasteiger partial charge in [0.2, 0.25) is 17.0 Å². The zero-order valence-corrected chi connectivity index (χ0v) is 21.6. The fraction of sp³-hybridized carbons (Fsp3) is 0.125. The zero-order valence-electron chi connectivity index (χ0n) is 20.0. The number of rotatable bonds is 9. The molecule has 0 saturated carbocycles. The lowest BCUT2D eigenvalue weighted by molar-refractivity contribution is -0.126. The van der Waals surface area contributed by atoms with E-state index in [1.165, 1.54) is 22.9 Å². The molecule has 2 aromatic heterocycles. The Bertz CT molecular complexity index is 1440. The summed E-state index contributed by atoms with van der Waals surface area (Å²) in [6.07, 6.45) is 0.193. The van der Waals surface area contributed by atoms with Gasteiger partial charge in [0.15, 0.2) is 11.0 Å². The third kappa shape index (κ3) is 7.24. The van der Waals surface area contributed by atoms with E-state index in [1.54, 1.807) is 60.0 Å². The van der Waals surface area contributed by atoms with Gasteiger partial charge in [-0.05, 0) is 24.3 Å². The number of carbonyl (C=O) groups is 4. The molecule has 4 amide bonds. The average molecular weight is 551 g/mol. The van der Waals surface area contributed by atoms with E-state index in [1.807, 2.05) is 6.07 Å². The van der Waals surface area contributed by atoms with Gasteiger partial charge in [-0.25, -0.2) is 9.66 Å². The van der Waals surface area contributed by atoms with E-state index in [9.17, 15) is 19.2 Å². The Hall–Kier alpha value is -4.56. The molecule has 0 unspecified atom stereocenters. The summed E-state index contributed by atoms with van der Waals surface area (Å²) >= 11 is 2.28. The number of aromatic nitrogens is 4. The maximum atomic E-state index is 12.9. The predicted octanol–water partition coefficient (Wildman–Crippen LogP) is 2.22. The van der Waals surface area contributed by atoms with Gasteiger partial charge in [0.05, 0.1) is 17.9 Å². The molecule has 4 N–H and O–H groups in total. The van der Waals surface area contributed by atoms with Crippen molar-refractivity contribution >= 4 is 51.9 Å². The third-order valence-corrected chi connectivity index (χ3v) is 6.54. The number of thioether (sulfide) groups is 1. The van der Waals surface area contributed by atoms with Crippen LogP contribution in [0.5, 0.6) is 0 Å². The van der Waals surface area contributed by atoms with E-state index in [0.29, 0.717) is 27.8 Å². The van der Waals surface area contributed by atoms with Gasteiger partial charge < -0.3 is 0 Å². The lowest BCUT2D eigenvalue weighted by Crippen LogP contribution is -2.41. The summed E-state index contributed by atoms with van der Waals surface area (Å²) in [6, 6.07) is 17.4. The summed E-state index contributed by atoms with van der Waals surface area (Å²) in [4.78, 5) is 52.8. The van der Waals surface area contributed by atoms with Crippen LogP contribution in [0.4, 0.5) is 5.13 Å². The Balaban J connectivity index is 1.49. The van der Waals surface area contributed by atoms with Gasteiger partial charge in [0.1, 0.15) is 0 Å². The average Bonchev–Trinajstić information content (AvgIpc) is 3.53. The Morgan fingerprint density at radius 2 is 1.55 bits per heavy atom. The SMILES string of the molecule is CC(=O)NNC(=O)CSc1nnc(Cc2csc(NC(=O)c3ccccc3)n2)n1NC(=O)c1ccccc1. The van der Waals surface area contributed by atoms with Crippen molar-refractivity contribution in [1.82, 2.24) is 30.7 Å². The molecular weight excluding hydrogens is 528 g/mol. The number of carbonyl (C=O) groups excluding carboxylic acids is 4. The van der Waals surface area contributed by atoms with Crippen LogP contribution in [-0.4, -0.2) is 49.2 Å². The van der Waals surface area contributed by atoms with Crippen LogP contribution in [0.2, 0.25) is 0 Å². The maximum absolute atomic E-state index is 12.9. The first-order valence-electron chi connectivity index (χ1n) is 11.2. The van der Waals surface area contributed by atoms with Crippen LogP contribution in [0, 0.1) is 0 Å². The van der Waals surface area contributed by atoms with Crippen LogP contribution in [0.15, 0.2) is 71.2 Å². The van der Waals surface area contributed by atoms with Crippen molar-refractivity contribution in [1.29, 1.82) is 0 Å². The summed E-state index contributed by atoms with van der Waals surface area (Å²) in [7, 11) is 0. The minimum Gasteiger partial charge on any atom is -0.298 e. The van der Waals surface area contributed by atoms with Crippen molar-refractivity contribution in [2.24, 2.45) is 0 Å². The summed E-state index contributed by atoms with van der Waals surface area (Å²) in [6.45, 7) is 1.27. The molecule has 0 aliphatic carbocycles. The van der Waals surface area contributed by atoms with Gasteiger partial charge in [0, 0.05) is 23.4 Å². The first-order valence-corrected chi connectivity index (χ1v) is 13.1. The largest absolute Gasteiger partial charge is 0.298 e. The number of hydrogen-bond acceptors (Lipinski definition) is 9. The molecule has 38 heavy (non-hydrogen) atoms. The molecule has 0 aliphatic rings. The Labute approximate surface area is 225 Å². The standard InChI is InChI=1S/C24H22N8O4S2/c1-15(33)27-29-20(34)14-38-24-30-28-19(32(24)31-22(36)17-10-6-3-7-11-17)12-18-13-37-23(25-18)26-21(35)16-8-4-2-5-9-16/h2-11,13H,12,14H2,1H3,(H,27,33)(H,29,34)(H,31,36)(H,25,26,35). The molecule has 0 atom stereocenters. The van der Waals surface area contributed by atoms with E-state index >= 15 is 0 Å². The fourth-order valence-electron chi connectivity index (χ4n) is 3.07. The van der Waals surface area contributed by atoms with E-state index in [0.717, 1.165) is 11.8 Å². The lowest BCUT2D eigenvalue weighted by atomic mass is 10.2. The summed E-state index contributed by atoms with van der Waals surface area (Å²) in [5.41, 5.74) is 8.78. The second-order valence-corrected chi connectivity index (χ2v) is 9.50. The van der Waals surface area contributed by atoms with Gasteiger partial charge in [-0.15, -0.1) is 21.5 Å². The van der Waals surface area contributed by atoms with Crippen LogP contribution in [-0.2, 0) is 16.0 Å². The van der Waals surface area contributed by atoms with Crippen LogP contribution in [0.3, 0.4) is 0 Å². The zero-order chi connectivity index (χ0) is 26.9. The molecule has 2 aromatic carbocycles. The molecule has 0 bridgehead atoms. The molecule has 2 heterocycles. The highest BCUT2D eigenvalue weighted by molar-refractivity contribution is 7.99. The molecule has 12 nitrogen and oxygen atoms in total. The third-order valence-electron chi connectivity index (χ3n) is 4.81. The van der Waals surface area contributed by atoms with Crippen molar-refractivity contribution in [3.63, 3.8) is 0 Å². The highest BCUT2D eigenvalue weighted by Gasteiger charge is 2.19. The lowest BCUT2D eigenvalue weighted by Gasteiger charge is -2.11. The molecule has 0 spiro atoms. The number of nitrogens with zero attached hydrogens (tertiary/aromatic N) is 4. The number of hydrogen-bond donors (Lipinski definition) is 4. The highest BCUT2D eigenvalue weighted by Crippen LogP contribution is 2.21. The minimum absolute atomic E-state index is 0.0913. The smallest absolute Gasteiger partial charge is 0.270 e. The summed E-state index contributed by atoms with van der Waals surface area (Å²) in [5, 5.41) is 13.5. The Morgan fingerprint density at radius 1 is 0.895 bits per heavy atom. The Morgan fingerprint density at radius 3 is 2.21 bits per heavy atom. The summed E-state index contributed by atoms with van der Waals surface area (Å²) < 4.78 is 1.40.